The van der Waals surface area contributed by atoms with Gasteiger partial charge in [-0.1, -0.05) is 6.07 Å². The third-order valence-corrected chi connectivity index (χ3v) is 4.51. The van der Waals surface area contributed by atoms with Gasteiger partial charge in [-0.25, -0.2) is 13.8 Å². The molecule has 0 saturated heterocycles. The Labute approximate surface area is 168 Å². The van der Waals surface area contributed by atoms with Crippen molar-refractivity contribution >= 4 is 27.7 Å². The van der Waals surface area contributed by atoms with Crippen molar-refractivity contribution in [3.63, 3.8) is 0 Å². The molecule has 2 aromatic carbocycles. The third kappa shape index (κ3) is 3.73. The Hall–Kier alpha value is -3.21. The van der Waals surface area contributed by atoms with Crippen molar-refractivity contribution in [2.75, 3.05) is 5.32 Å². The number of benzene rings is 2. The number of nitrogens with one attached hydrogen (secondary N) is 1. The van der Waals surface area contributed by atoms with Gasteiger partial charge in [-0.3, -0.25) is 9.78 Å². The number of fused-ring (bicyclic) bond motifs is 1. The number of nitrogens with zero attached hydrogens (tertiary/aromatic N) is 2. The first-order chi connectivity index (χ1) is 13.7. The molecular weight excluding hydrogens is 462 g/mol. The summed E-state index contributed by atoms with van der Waals surface area (Å²) in [4.78, 5) is 20.1. The maximum absolute atomic E-state index is 13.7. The second-order valence-electron chi connectivity index (χ2n) is 5.78. The molecule has 4 rings (SSSR count). The molecule has 3 aromatic rings. The maximum atomic E-state index is 13.7. The summed E-state index contributed by atoms with van der Waals surface area (Å²) in [5, 5.41) is 2.24. The molecule has 0 saturated carbocycles. The summed E-state index contributed by atoms with van der Waals surface area (Å²) in [5.74, 6) is -3.46. The molecule has 148 valence electrons. The van der Waals surface area contributed by atoms with Crippen molar-refractivity contribution < 1.29 is 31.8 Å². The van der Waals surface area contributed by atoms with E-state index >= 15 is 0 Å². The number of ether oxygens (including phenoxy) is 2. The van der Waals surface area contributed by atoms with E-state index in [0.717, 1.165) is 24.4 Å². The fraction of sp³-hybridized carbons (Fsp3) is 0.0556. The molecule has 1 N–H and O–H groups in total. The summed E-state index contributed by atoms with van der Waals surface area (Å²) in [6.45, 7) is 0. The maximum Gasteiger partial charge on any atom is 0.586 e. The fourth-order valence-electron chi connectivity index (χ4n) is 2.59. The Kier molecular flexibility index (Phi) is 4.61. The van der Waals surface area contributed by atoms with Crippen molar-refractivity contribution in [3.05, 3.63) is 64.4 Å². The molecule has 1 amide bonds. The van der Waals surface area contributed by atoms with Gasteiger partial charge in [0.2, 0.25) is 0 Å². The second kappa shape index (κ2) is 6.99. The van der Waals surface area contributed by atoms with Gasteiger partial charge in [-0.05, 0) is 40.2 Å². The van der Waals surface area contributed by atoms with E-state index in [-0.39, 0.29) is 23.0 Å². The van der Waals surface area contributed by atoms with Crippen molar-refractivity contribution in [1.82, 2.24) is 9.97 Å². The number of carbonyl (C=O) groups is 1. The van der Waals surface area contributed by atoms with Gasteiger partial charge in [0.25, 0.3) is 5.91 Å². The first kappa shape index (κ1) is 19.1. The zero-order valence-corrected chi connectivity index (χ0v) is 15.6. The highest BCUT2D eigenvalue weighted by Crippen LogP contribution is 2.45. The lowest BCUT2D eigenvalue weighted by molar-refractivity contribution is -0.286. The Balaban J connectivity index is 1.57. The first-order valence-corrected chi connectivity index (χ1v) is 8.70. The largest absolute Gasteiger partial charge is 0.586 e. The highest BCUT2D eigenvalue weighted by atomic mass is 79.9. The minimum Gasteiger partial charge on any atom is -0.395 e. The van der Waals surface area contributed by atoms with Crippen LogP contribution in [0.5, 0.6) is 11.5 Å². The van der Waals surface area contributed by atoms with Crippen molar-refractivity contribution in [1.29, 1.82) is 0 Å². The molecule has 0 radical (unpaired) electrons. The van der Waals surface area contributed by atoms with Crippen LogP contribution in [0.1, 0.15) is 10.4 Å². The lowest BCUT2D eigenvalue weighted by Crippen LogP contribution is -2.25. The number of alkyl halides is 2. The predicted molar refractivity (Wildman–Crippen MR) is 95.7 cm³/mol. The van der Waals surface area contributed by atoms with E-state index in [2.05, 4.69) is 40.7 Å². The van der Waals surface area contributed by atoms with E-state index in [0.29, 0.717) is 10.0 Å². The molecule has 0 unspecified atom stereocenters. The molecule has 0 spiro atoms. The quantitative estimate of drug-likeness (QED) is 0.560. The van der Waals surface area contributed by atoms with Gasteiger partial charge in [0.05, 0.1) is 18.1 Å². The van der Waals surface area contributed by atoms with Crippen molar-refractivity contribution in [3.8, 4) is 22.8 Å². The number of aromatic nitrogens is 2. The van der Waals surface area contributed by atoms with Gasteiger partial charge in [-0.15, -0.1) is 8.78 Å². The van der Waals surface area contributed by atoms with Gasteiger partial charge >= 0.3 is 6.29 Å². The monoisotopic (exact) mass is 469 g/mol. The molecule has 29 heavy (non-hydrogen) atoms. The normalized spacial score (nSPS) is 14.0. The lowest BCUT2D eigenvalue weighted by atomic mass is 10.1. The van der Waals surface area contributed by atoms with E-state index in [9.17, 15) is 22.4 Å². The predicted octanol–water partition coefficient (Wildman–Crippen LogP) is 4.76. The Morgan fingerprint density at radius 3 is 2.31 bits per heavy atom. The van der Waals surface area contributed by atoms with Crippen molar-refractivity contribution in [2.24, 2.45) is 0 Å². The molecule has 0 bridgehead atoms. The Morgan fingerprint density at radius 1 is 1.03 bits per heavy atom. The highest BCUT2D eigenvalue weighted by Gasteiger charge is 2.43. The number of hydrogen-bond donors (Lipinski definition) is 1. The number of anilines is 1. The fourth-order valence-corrected chi connectivity index (χ4v) is 3.12. The number of rotatable bonds is 3. The second-order valence-corrected chi connectivity index (χ2v) is 6.64. The van der Waals surface area contributed by atoms with E-state index in [1.54, 1.807) is 0 Å². The molecule has 2 heterocycles. The summed E-state index contributed by atoms with van der Waals surface area (Å²) < 4.78 is 62.9. The minimum atomic E-state index is -3.76. The number of halogens is 5. The van der Waals surface area contributed by atoms with E-state index in [4.69, 9.17) is 0 Å². The van der Waals surface area contributed by atoms with Gasteiger partial charge in [0.1, 0.15) is 17.2 Å². The summed E-state index contributed by atoms with van der Waals surface area (Å²) >= 11 is 3.23. The molecule has 11 heteroatoms. The van der Waals surface area contributed by atoms with Crippen LogP contribution in [0.3, 0.4) is 0 Å². The van der Waals surface area contributed by atoms with Crippen LogP contribution in [-0.4, -0.2) is 22.2 Å². The average molecular weight is 470 g/mol. The molecule has 0 fully saturated rings. The Bertz CT molecular complexity index is 1110. The van der Waals surface area contributed by atoms with Crippen LogP contribution in [0.2, 0.25) is 0 Å². The average Bonchev–Trinajstić information content (AvgIpc) is 2.94. The molecule has 0 atom stereocenters. The number of amides is 1. The van der Waals surface area contributed by atoms with Gasteiger partial charge in [0, 0.05) is 10.0 Å². The lowest BCUT2D eigenvalue weighted by Gasteiger charge is -2.08. The Morgan fingerprint density at radius 2 is 1.69 bits per heavy atom. The van der Waals surface area contributed by atoms with Crippen LogP contribution in [0.15, 0.2) is 47.2 Å². The summed E-state index contributed by atoms with van der Waals surface area (Å²) in [6, 6.07) is 5.62. The van der Waals surface area contributed by atoms with E-state index in [1.807, 2.05) is 0 Å². The molecule has 6 nitrogen and oxygen atoms in total. The summed E-state index contributed by atoms with van der Waals surface area (Å²) in [6.07, 6.45) is -1.37. The van der Waals surface area contributed by atoms with Gasteiger partial charge < -0.3 is 14.8 Å². The van der Waals surface area contributed by atoms with Gasteiger partial charge in [-0.2, -0.15) is 0 Å². The molecule has 1 aromatic heterocycles. The van der Waals surface area contributed by atoms with Crippen molar-refractivity contribution in [2.45, 2.75) is 6.29 Å². The summed E-state index contributed by atoms with van der Waals surface area (Å²) in [5.41, 5.74) is -0.123. The minimum absolute atomic E-state index is 0.0650. The number of carbonyl (C=O) groups excluding carboxylic acids is 1. The molecular formula is C18H8BrF4N3O3. The van der Waals surface area contributed by atoms with Gasteiger partial charge in [0.15, 0.2) is 17.3 Å². The zero-order valence-electron chi connectivity index (χ0n) is 14.1. The first-order valence-electron chi connectivity index (χ1n) is 7.91. The smallest absolute Gasteiger partial charge is 0.395 e. The number of hydrogen-bond acceptors (Lipinski definition) is 5. The summed E-state index contributed by atoms with van der Waals surface area (Å²) in [7, 11) is 0. The van der Waals surface area contributed by atoms with Crippen LogP contribution in [-0.2, 0) is 0 Å². The topological polar surface area (TPSA) is 73.3 Å². The molecule has 1 aliphatic rings. The van der Waals surface area contributed by atoms with E-state index < -0.39 is 29.4 Å². The van der Waals surface area contributed by atoms with Crippen LogP contribution in [0.25, 0.3) is 11.3 Å². The van der Waals surface area contributed by atoms with Crippen LogP contribution in [0.4, 0.5) is 23.4 Å². The third-order valence-electron chi connectivity index (χ3n) is 3.85. The molecule has 0 aliphatic carbocycles. The zero-order chi connectivity index (χ0) is 20.8. The molecule has 1 aliphatic heterocycles. The van der Waals surface area contributed by atoms with Crippen LogP contribution in [0, 0.1) is 11.6 Å². The standard InChI is InChI=1S/C18H8BrF4N3O3/c19-9-5-14-13(28-18(22,23)29-14)4-8(9)12-6-25-15(7-24-12)26-17(27)16-10(20)2-1-3-11(16)21/h1-7H,(H,25,26,27). The SMILES string of the molecule is O=C(Nc1cnc(-c2cc3c(cc2Br)OC(F)(F)O3)cn1)c1c(F)cccc1F. The van der Waals surface area contributed by atoms with E-state index in [1.165, 1.54) is 18.3 Å². The van der Waals surface area contributed by atoms with Crippen LogP contribution >= 0.6 is 15.9 Å². The highest BCUT2D eigenvalue weighted by molar-refractivity contribution is 9.10. The van der Waals surface area contributed by atoms with Crippen LogP contribution < -0.4 is 14.8 Å².